The lowest BCUT2D eigenvalue weighted by Crippen LogP contribution is -2.30. The second-order valence-corrected chi connectivity index (χ2v) is 4.25. The molecule has 1 N–H and O–H groups in total. The van der Waals surface area contributed by atoms with Gasteiger partial charge in [0, 0.05) is 18.4 Å². The smallest absolute Gasteiger partial charge is 0.0528 e. The van der Waals surface area contributed by atoms with Gasteiger partial charge in [0.15, 0.2) is 0 Å². The average molecular weight is 190 g/mol. The fraction of sp³-hybridized carbons (Fsp3) is 0.583. The van der Waals surface area contributed by atoms with Crippen LogP contribution in [0.25, 0.3) is 0 Å². The van der Waals surface area contributed by atoms with Gasteiger partial charge in [-0.15, -0.1) is 0 Å². The summed E-state index contributed by atoms with van der Waals surface area (Å²) in [6, 6.07) is 4.72. The zero-order valence-corrected chi connectivity index (χ0v) is 8.74. The number of hydrogen-bond acceptors (Lipinski definition) is 2. The van der Waals surface area contributed by atoms with Gasteiger partial charge in [-0.3, -0.25) is 4.98 Å². The maximum Gasteiger partial charge on any atom is 0.0528 e. The van der Waals surface area contributed by atoms with Gasteiger partial charge in [0.25, 0.3) is 0 Å². The van der Waals surface area contributed by atoms with E-state index in [0.29, 0.717) is 6.04 Å². The second-order valence-electron chi connectivity index (χ2n) is 4.25. The van der Waals surface area contributed by atoms with Crippen LogP contribution in [0.2, 0.25) is 0 Å². The molecule has 2 heteroatoms. The maximum atomic E-state index is 4.11. The highest BCUT2D eigenvalue weighted by Gasteiger charge is 2.20. The van der Waals surface area contributed by atoms with Gasteiger partial charge in [0.2, 0.25) is 0 Å². The minimum absolute atomic E-state index is 0.646. The van der Waals surface area contributed by atoms with Gasteiger partial charge in [-0.05, 0) is 30.9 Å². The van der Waals surface area contributed by atoms with E-state index in [1.807, 2.05) is 18.5 Å². The van der Waals surface area contributed by atoms with Crippen LogP contribution in [0.1, 0.15) is 32.6 Å². The molecule has 2 atom stereocenters. The highest BCUT2D eigenvalue weighted by molar-refractivity contribution is 5.40. The second kappa shape index (κ2) is 4.45. The number of anilines is 1. The number of rotatable bonds is 2. The summed E-state index contributed by atoms with van der Waals surface area (Å²) in [5.74, 6) is 0.795. The van der Waals surface area contributed by atoms with Crippen molar-refractivity contribution in [3.05, 3.63) is 24.5 Å². The van der Waals surface area contributed by atoms with E-state index in [9.17, 15) is 0 Å². The van der Waals surface area contributed by atoms with Crippen LogP contribution in [0.3, 0.4) is 0 Å². The summed E-state index contributed by atoms with van der Waals surface area (Å²) in [5.41, 5.74) is 1.16. The van der Waals surface area contributed by atoms with Crippen molar-refractivity contribution in [2.45, 2.75) is 38.6 Å². The number of pyridine rings is 1. The van der Waals surface area contributed by atoms with E-state index in [0.717, 1.165) is 11.6 Å². The number of hydrogen-bond donors (Lipinski definition) is 1. The quantitative estimate of drug-likeness (QED) is 0.775. The third-order valence-electron chi connectivity index (χ3n) is 3.13. The zero-order chi connectivity index (χ0) is 9.80. The first kappa shape index (κ1) is 9.50. The van der Waals surface area contributed by atoms with Gasteiger partial charge in [0.1, 0.15) is 0 Å². The Morgan fingerprint density at radius 1 is 1.36 bits per heavy atom. The van der Waals surface area contributed by atoms with Crippen molar-refractivity contribution in [3.63, 3.8) is 0 Å². The Kier molecular flexibility index (Phi) is 3.02. The van der Waals surface area contributed by atoms with E-state index in [1.165, 1.54) is 25.7 Å². The van der Waals surface area contributed by atoms with Crippen LogP contribution < -0.4 is 5.32 Å². The molecule has 2 nitrogen and oxygen atoms in total. The molecule has 0 aliphatic heterocycles. The molecular weight excluding hydrogens is 172 g/mol. The van der Waals surface area contributed by atoms with Crippen LogP contribution in [-0.4, -0.2) is 11.0 Å². The maximum absolute atomic E-state index is 4.11. The Balaban J connectivity index is 1.96. The fourth-order valence-electron chi connectivity index (χ4n) is 2.19. The van der Waals surface area contributed by atoms with Crippen LogP contribution in [0.5, 0.6) is 0 Å². The molecule has 1 aromatic rings. The van der Waals surface area contributed by atoms with Gasteiger partial charge in [0.05, 0.1) is 5.69 Å². The molecule has 1 aromatic heterocycles. The fourth-order valence-corrected chi connectivity index (χ4v) is 2.19. The number of aromatic nitrogens is 1. The van der Waals surface area contributed by atoms with Crippen molar-refractivity contribution < 1.29 is 0 Å². The summed E-state index contributed by atoms with van der Waals surface area (Å²) in [6.45, 7) is 2.34. The van der Waals surface area contributed by atoms with Gasteiger partial charge >= 0.3 is 0 Å². The first-order valence-corrected chi connectivity index (χ1v) is 5.53. The minimum Gasteiger partial charge on any atom is -0.381 e. The van der Waals surface area contributed by atoms with E-state index in [4.69, 9.17) is 0 Å². The molecule has 0 saturated heterocycles. The molecule has 76 valence electrons. The molecule has 0 spiro atoms. The molecule has 2 rings (SSSR count). The van der Waals surface area contributed by atoms with Crippen molar-refractivity contribution in [2.24, 2.45) is 5.92 Å². The van der Waals surface area contributed by atoms with Gasteiger partial charge in [-0.25, -0.2) is 0 Å². The zero-order valence-electron chi connectivity index (χ0n) is 8.74. The standard InChI is InChI=1S/C12H18N2/c1-10-5-2-3-7-12(10)14-11-6-4-8-13-9-11/h4,6,8-10,12,14H,2-3,5,7H2,1H3. The van der Waals surface area contributed by atoms with E-state index < -0.39 is 0 Å². The van der Waals surface area contributed by atoms with Gasteiger partial charge in [-0.1, -0.05) is 19.8 Å². The van der Waals surface area contributed by atoms with Crippen LogP contribution >= 0.6 is 0 Å². The van der Waals surface area contributed by atoms with E-state index in [2.05, 4.69) is 23.3 Å². The normalized spacial score (nSPS) is 27.2. The molecule has 1 aliphatic rings. The van der Waals surface area contributed by atoms with E-state index in [1.54, 1.807) is 0 Å². The number of nitrogens with zero attached hydrogens (tertiary/aromatic N) is 1. The van der Waals surface area contributed by atoms with Crippen molar-refractivity contribution in [3.8, 4) is 0 Å². The largest absolute Gasteiger partial charge is 0.381 e. The predicted molar refractivity (Wildman–Crippen MR) is 59.3 cm³/mol. The average Bonchev–Trinajstić information content (AvgIpc) is 2.23. The molecule has 1 aliphatic carbocycles. The molecule has 0 radical (unpaired) electrons. The van der Waals surface area contributed by atoms with E-state index >= 15 is 0 Å². The van der Waals surface area contributed by atoms with Crippen LogP contribution in [0, 0.1) is 5.92 Å². The molecule has 1 fully saturated rings. The van der Waals surface area contributed by atoms with Crippen LogP contribution in [0.15, 0.2) is 24.5 Å². The molecule has 0 amide bonds. The van der Waals surface area contributed by atoms with Crippen LogP contribution in [-0.2, 0) is 0 Å². The molecular formula is C12H18N2. The third kappa shape index (κ3) is 2.25. The Morgan fingerprint density at radius 2 is 2.21 bits per heavy atom. The summed E-state index contributed by atoms with van der Waals surface area (Å²) in [5, 5.41) is 3.57. The Bertz CT molecular complexity index is 271. The summed E-state index contributed by atoms with van der Waals surface area (Å²) in [6.07, 6.45) is 9.14. The highest BCUT2D eigenvalue weighted by atomic mass is 14.9. The minimum atomic E-state index is 0.646. The van der Waals surface area contributed by atoms with Crippen molar-refractivity contribution in [1.29, 1.82) is 0 Å². The van der Waals surface area contributed by atoms with Crippen molar-refractivity contribution in [2.75, 3.05) is 5.32 Å². The number of nitrogens with one attached hydrogen (secondary N) is 1. The molecule has 2 unspecified atom stereocenters. The van der Waals surface area contributed by atoms with Crippen molar-refractivity contribution >= 4 is 5.69 Å². The van der Waals surface area contributed by atoms with Crippen LogP contribution in [0.4, 0.5) is 5.69 Å². The van der Waals surface area contributed by atoms with Gasteiger partial charge in [-0.2, -0.15) is 0 Å². The summed E-state index contributed by atoms with van der Waals surface area (Å²) >= 11 is 0. The molecule has 1 saturated carbocycles. The van der Waals surface area contributed by atoms with E-state index in [-0.39, 0.29) is 0 Å². The predicted octanol–water partition coefficient (Wildman–Crippen LogP) is 3.07. The Morgan fingerprint density at radius 3 is 2.93 bits per heavy atom. The molecule has 1 heterocycles. The van der Waals surface area contributed by atoms with Crippen molar-refractivity contribution in [1.82, 2.24) is 4.98 Å². The molecule has 14 heavy (non-hydrogen) atoms. The third-order valence-corrected chi connectivity index (χ3v) is 3.13. The lowest BCUT2D eigenvalue weighted by molar-refractivity contribution is 0.349. The Labute approximate surface area is 85.7 Å². The lowest BCUT2D eigenvalue weighted by Gasteiger charge is -2.30. The van der Waals surface area contributed by atoms with Gasteiger partial charge < -0.3 is 5.32 Å². The SMILES string of the molecule is CC1CCCCC1Nc1cccnc1. The first-order valence-electron chi connectivity index (χ1n) is 5.53. The summed E-state index contributed by atoms with van der Waals surface area (Å²) in [7, 11) is 0. The lowest BCUT2D eigenvalue weighted by atomic mass is 9.86. The Hall–Kier alpha value is -1.05. The molecule has 0 aromatic carbocycles. The highest BCUT2D eigenvalue weighted by Crippen LogP contribution is 2.26. The molecule has 0 bridgehead atoms. The summed E-state index contributed by atoms with van der Waals surface area (Å²) in [4.78, 5) is 4.11. The monoisotopic (exact) mass is 190 g/mol. The summed E-state index contributed by atoms with van der Waals surface area (Å²) < 4.78 is 0. The first-order chi connectivity index (χ1) is 6.86. The topological polar surface area (TPSA) is 24.9 Å².